The van der Waals surface area contributed by atoms with E-state index in [-0.39, 0.29) is 11.4 Å². The van der Waals surface area contributed by atoms with Crippen LogP contribution in [0.25, 0.3) is 16.8 Å². The number of rotatable bonds is 7. The molecule has 4 aromatic carbocycles. The predicted molar refractivity (Wildman–Crippen MR) is 126 cm³/mol. The number of Topliss-reactive ketones (excluding diaryl/α,β-unsaturated/α-hetero) is 1. The Morgan fingerprint density at radius 2 is 1.66 bits per heavy atom. The Morgan fingerprint density at radius 3 is 2.44 bits per heavy atom. The first-order valence-corrected chi connectivity index (χ1v) is 10.2. The predicted octanol–water partition coefficient (Wildman–Crippen LogP) is 6.22. The van der Waals surface area contributed by atoms with Crippen LogP contribution in [0.4, 0.5) is 0 Å². The zero-order chi connectivity index (χ0) is 22.3. The van der Waals surface area contributed by atoms with Crippen molar-refractivity contribution >= 4 is 22.6 Å². The Bertz CT molecular complexity index is 1330. The summed E-state index contributed by atoms with van der Waals surface area (Å²) in [6, 6.07) is 30.4. The van der Waals surface area contributed by atoms with Gasteiger partial charge < -0.3 is 9.47 Å². The van der Waals surface area contributed by atoms with Crippen molar-refractivity contribution in [1.82, 2.24) is 0 Å². The molecule has 0 aromatic heterocycles. The molecule has 0 fully saturated rings. The van der Waals surface area contributed by atoms with Crippen molar-refractivity contribution < 1.29 is 14.3 Å². The molecule has 156 valence electrons. The van der Waals surface area contributed by atoms with Gasteiger partial charge in [0, 0.05) is 5.56 Å². The van der Waals surface area contributed by atoms with Crippen LogP contribution in [0, 0.1) is 11.3 Å². The lowest BCUT2D eigenvalue weighted by Gasteiger charge is -2.13. The molecule has 0 spiro atoms. The Morgan fingerprint density at radius 1 is 0.906 bits per heavy atom. The highest BCUT2D eigenvalue weighted by Gasteiger charge is 2.13. The van der Waals surface area contributed by atoms with Crippen molar-refractivity contribution in [2.24, 2.45) is 0 Å². The SMILES string of the molecule is COc1cc(/C=C(\C#N)C(=O)c2ccccc2)ccc1OCc1cccc2ccccc12. The quantitative estimate of drug-likeness (QED) is 0.203. The average molecular weight is 419 g/mol. The first-order chi connectivity index (χ1) is 15.7. The Balaban J connectivity index is 1.57. The molecule has 0 aliphatic heterocycles. The van der Waals surface area contributed by atoms with E-state index in [2.05, 4.69) is 18.2 Å². The van der Waals surface area contributed by atoms with Gasteiger partial charge in [0.05, 0.1) is 7.11 Å². The lowest BCUT2D eigenvalue weighted by Crippen LogP contribution is -2.02. The molecule has 0 N–H and O–H groups in total. The van der Waals surface area contributed by atoms with Crippen LogP contribution in [0.3, 0.4) is 0 Å². The van der Waals surface area contributed by atoms with Crippen molar-refractivity contribution in [3.05, 3.63) is 113 Å². The summed E-state index contributed by atoms with van der Waals surface area (Å²) in [4.78, 5) is 12.6. The van der Waals surface area contributed by atoms with Crippen LogP contribution in [0.2, 0.25) is 0 Å². The second-order valence-electron chi connectivity index (χ2n) is 7.20. The Labute approximate surface area is 187 Å². The first kappa shape index (κ1) is 20.9. The molecule has 4 aromatic rings. The highest BCUT2D eigenvalue weighted by Crippen LogP contribution is 2.30. The van der Waals surface area contributed by atoms with E-state index in [1.165, 1.54) is 0 Å². The molecule has 32 heavy (non-hydrogen) atoms. The van der Waals surface area contributed by atoms with Crippen LogP contribution in [0.5, 0.6) is 11.5 Å². The summed E-state index contributed by atoms with van der Waals surface area (Å²) >= 11 is 0. The van der Waals surface area contributed by atoms with Crippen molar-refractivity contribution in [2.45, 2.75) is 6.61 Å². The number of ether oxygens (including phenoxy) is 2. The van der Waals surface area contributed by atoms with Gasteiger partial charge in [-0.3, -0.25) is 4.79 Å². The summed E-state index contributed by atoms with van der Waals surface area (Å²) in [5, 5.41) is 11.8. The number of fused-ring (bicyclic) bond motifs is 1. The molecule has 0 saturated carbocycles. The van der Waals surface area contributed by atoms with Gasteiger partial charge in [-0.05, 0) is 40.1 Å². The van der Waals surface area contributed by atoms with Crippen molar-refractivity contribution in [3.8, 4) is 17.6 Å². The van der Waals surface area contributed by atoms with E-state index < -0.39 is 0 Å². The number of nitrogens with zero attached hydrogens (tertiary/aromatic N) is 1. The molecule has 0 aliphatic rings. The summed E-state index contributed by atoms with van der Waals surface area (Å²) < 4.78 is 11.5. The molecule has 4 heteroatoms. The number of methoxy groups -OCH3 is 1. The minimum atomic E-state index is -0.316. The third kappa shape index (κ3) is 4.53. The third-order valence-electron chi connectivity index (χ3n) is 5.16. The number of hydrogen-bond acceptors (Lipinski definition) is 4. The minimum Gasteiger partial charge on any atom is -0.493 e. The molecule has 0 saturated heterocycles. The second kappa shape index (κ2) is 9.63. The zero-order valence-electron chi connectivity index (χ0n) is 17.6. The lowest BCUT2D eigenvalue weighted by molar-refractivity contribution is 0.104. The van der Waals surface area contributed by atoms with Gasteiger partial charge in [0.25, 0.3) is 0 Å². The van der Waals surface area contributed by atoms with E-state index in [9.17, 15) is 10.1 Å². The molecule has 4 rings (SSSR count). The summed E-state index contributed by atoms with van der Waals surface area (Å²) in [7, 11) is 1.56. The van der Waals surface area contributed by atoms with Crippen molar-refractivity contribution in [3.63, 3.8) is 0 Å². The number of benzene rings is 4. The Kier molecular flexibility index (Phi) is 6.29. The standard InChI is InChI=1S/C28H21NO3/c1-31-27-17-20(16-24(18-29)28(30)22-9-3-2-4-10-22)14-15-26(27)32-19-23-12-7-11-21-8-5-6-13-25(21)23/h2-17H,19H2,1H3/b24-16+. The van der Waals surface area contributed by atoms with Gasteiger partial charge in [0.2, 0.25) is 5.78 Å². The fraction of sp³-hybridized carbons (Fsp3) is 0.0714. The van der Waals surface area contributed by atoms with Gasteiger partial charge in [0.1, 0.15) is 18.2 Å². The zero-order valence-corrected chi connectivity index (χ0v) is 17.6. The number of carbonyl (C=O) groups is 1. The van der Waals surface area contributed by atoms with E-state index in [0.29, 0.717) is 29.2 Å². The van der Waals surface area contributed by atoms with E-state index in [4.69, 9.17) is 9.47 Å². The van der Waals surface area contributed by atoms with Gasteiger partial charge in [-0.1, -0.05) is 78.9 Å². The number of allylic oxidation sites excluding steroid dienone is 1. The highest BCUT2D eigenvalue weighted by atomic mass is 16.5. The first-order valence-electron chi connectivity index (χ1n) is 10.2. The third-order valence-corrected chi connectivity index (χ3v) is 5.16. The molecule has 0 amide bonds. The van der Waals surface area contributed by atoms with E-state index >= 15 is 0 Å². The fourth-order valence-electron chi connectivity index (χ4n) is 3.53. The largest absolute Gasteiger partial charge is 0.493 e. The van der Waals surface area contributed by atoms with E-state index in [1.54, 1.807) is 55.7 Å². The molecule has 0 unspecified atom stereocenters. The molecule has 0 atom stereocenters. The maximum atomic E-state index is 12.6. The number of carbonyl (C=O) groups excluding carboxylic acids is 1. The average Bonchev–Trinajstić information content (AvgIpc) is 2.86. The van der Waals surface area contributed by atoms with Crippen molar-refractivity contribution in [1.29, 1.82) is 5.26 Å². The fourth-order valence-corrected chi connectivity index (χ4v) is 3.53. The number of nitriles is 1. The molecular weight excluding hydrogens is 398 g/mol. The second-order valence-corrected chi connectivity index (χ2v) is 7.20. The molecule has 0 heterocycles. The topological polar surface area (TPSA) is 59.3 Å². The molecular formula is C28H21NO3. The van der Waals surface area contributed by atoms with Crippen LogP contribution in [-0.2, 0) is 6.61 Å². The van der Waals surface area contributed by atoms with Crippen LogP contribution in [0.15, 0.2) is 96.6 Å². The molecule has 0 bridgehead atoms. The van der Waals surface area contributed by atoms with Crippen LogP contribution < -0.4 is 9.47 Å². The maximum absolute atomic E-state index is 12.6. The molecule has 0 aliphatic carbocycles. The van der Waals surface area contributed by atoms with Crippen molar-refractivity contribution in [2.75, 3.05) is 7.11 Å². The van der Waals surface area contributed by atoms with E-state index in [0.717, 1.165) is 16.3 Å². The van der Waals surface area contributed by atoms with Crippen LogP contribution in [-0.4, -0.2) is 12.9 Å². The van der Waals surface area contributed by atoms with Gasteiger partial charge >= 0.3 is 0 Å². The van der Waals surface area contributed by atoms with E-state index in [1.807, 2.05) is 36.4 Å². The highest BCUT2D eigenvalue weighted by molar-refractivity contribution is 6.14. The minimum absolute atomic E-state index is 0.0580. The Hall–Kier alpha value is -4.36. The molecule has 4 nitrogen and oxygen atoms in total. The normalized spacial score (nSPS) is 11.1. The lowest BCUT2D eigenvalue weighted by atomic mass is 10.0. The van der Waals surface area contributed by atoms with Gasteiger partial charge in [-0.25, -0.2) is 0 Å². The van der Waals surface area contributed by atoms with Crippen LogP contribution in [0.1, 0.15) is 21.5 Å². The summed E-state index contributed by atoms with van der Waals surface area (Å²) in [6.07, 6.45) is 1.56. The van der Waals surface area contributed by atoms with Gasteiger partial charge in [0.15, 0.2) is 11.5 Å². The number of hydrogen-bond donors (Lipinski definition) is 0. The summed E-state index contributed by atoms with van der Waals surface area (Å²) in [5.74, 6) is 0.803. The maximum Gasteiger partial charge on any atom is 0.203 e. The summed E-state index contributed by atoms with van der Waals surface area (Å²) in [5.41, 5.74) is 2.29. The van der Waals surface area contributed by atoms with Gasteiger partial charge in [-0.15, -0.1) is 0 Å². The van der Waals surface area contributed by atoms with Gasteiger partial charge in [-0.2, -0.15) is 5.26 Å². The number of ketones is 1. The monoisotopic (exact) mass is 419 g/mol. The molecule has 0 radical (unpaired) electrons. The smallest absolute Gasteiger partial charge is 0.203 e. The van der Waals surface area contributed by atoms with Crippen LogP contribution >= 0.6 is 0 Å². The summed E-state index contributed by atoms with van der Waals surface area (Å²) in [6.45, 7) is 0.392.